The second-order valence-electron chi connectivity index (χ2n) is 4.82. The Bertz CT molecular complexity index is 430. The summed E-state index contributed by atoms with van der Waals surface area (Å²) in [5, 5.41) is 0.795. The lowest BCUT2D eigenvalue weighted by Gasteiger charge is -2.25. The van der Waals surface area contributed by atoms with Gasteiger partial charge in [-0.3, -0.25) is 4.79 Å². The van der Waals surface area contributed by atoms with Gasteiger partial charge in [-0.05, 0) is 27.2 Å². The maximum absolute atomic E-state index is 12.5. The van der Waals surface area contributed by atoms with E-state index in [1.807, 2.05) is 37.6 Å². The molecule has 0 radical (unpaired) electrons. The van der Waals surface area contributed by atoms with Crippen LogP contribution in [-0.4, -0.2) is 42.0 Å². The molecule has 0 aliphatic rings. The number of nitrogens with zero attached hydrogens (tertiary/aromatic N) is 3. The van der Waals surface area contributed by atoms with E-state index in [0.29, 0.717) is 10.7 Å². The number of rotatable bonds is 6. The standard InChI is InChI=1S/C13H24N4OS/c1-6-8-17(9(3)4)12(18)10-11(14)15-13(19-10)16(5)7-2/h9H,6-8,14H2,1-5H3. The Morgan fingerprint density at radius 1 is 1.42 bits per heavy atom. The zero-order valence-corrected chi connectivity index (χ0v) is 13.3. The Balaban J connectivity index is 3.01. The molecule has 0 saturated heterocycles. The number of thiazole rings is 1. The quantitative estimate of drug-likeness (QED) is 0.871. The monoisotopic (exact) mass is 284 g/mol. The fraction of sp³-hybridized carbons (Fsp3) is 0.692. The molecule has 1 aromatic heterocycles. The van der Waals surface area contributed by atoms with E-state index < -0.39 is 0 Å². The van der Waals surface area contributed by atoms with Crippen molar-refractivity contribution in [2.24, 2.45) is 0 Å². The number of hydrogen-bond donors (Lipinski definition) is 1. The minimum atomic E-state index is -0.0115. The van der Waals surface area contributed by atoms with Crippen molar-refractivity contribution in [2.75, 3.05) is 30.8 Å². The van der Waals surface area contributed by atoms with Gasteiger partial charge in [0.25, 0.3) is 5.91 Å². The molecule has 0 aliphatic carbocycles. The lowest BCUT2D eigenvalue weighted by Crippen LogP contribution is -2.37. The molecule has 19 heavy (non-hydrogen) atoms. The molecule has 0 saturated carbocycles. The average molecular weight is 284 g/mol. The Labute approximate surface area is 119 Å². The Morgan fingerprint density at radius 2 is 2.05 bits per heavy atom. The first-order chi connectivity index (χ1) is 8.92. The minimum Gasteiger partial charge on any atom is -0.382 e. The summed E-state index contributed by atoms with van der Waals surface area (Å²) in [6, 6.07) is 0.168. The molecule has 0 atom stereocenters. The lowest BCUT2D eigenvalue weighted by molar-refractivity contribution is 0.0712. The van der Waals surface area contributed by atoms with E-state index in [2.05, 4.69) is 11.9 Å². The highest BCUT2D eigenvalue weighted by molar-refractivity contribution is 7.18. The first-order valence-corrected chi connectivity index (χ1v) is 7.52. The summed E-state index contributed by atoms with van der Waals surface area (Å²) in [4.78, 5) is 21.2. The smallest absolute Gasteiger partial charge is 0.268 e. The van der Waals surface area contributed by atoms with Gasteiger partial charge in [-0.25, -0.2) is 4.98 Å². The molecule has 1 rings (SSSR count). The lowest BCUT2D eigenvalue weighted by atomic mass is 10.2. The van der Waals surface area contributed by atoms with E-state index in [4.69, 9.17) is 5.73 Å². The highest BCUT2D eigenvalue weighted by atomic mass is 32.1. The number of nitrogen functional groups attached to an aromatic ring is 1. The molecule has 108 valence electrons. The fourth-order valence-electron chi connectivity index (χ4n) is 1.74. The van der Waals surface area contributed by atoms with Gasteiger partial charge in [0.2, 0.25) is 0 Å². The maximum atomic E-state index is 12.5. The zero-order chi connectivity index (χ0) is 14.6. The summed E-state index contributed by atoms with van der Waals surface area (Å²) in [5.41, 5.74) is 5.89. The summed E-state index contributed by atoms with van der Waals surface area (Å²) < 4.78 is 0. The van der Waals surface area contributed by atoms with E-state index in [1.165, 1.54) is 11.3 Å². The van der Waals surface area contributed by atoms with Crippen molar-refractivity contribution in [1.29, 1.82) is 0 Å². The summed E-state index contributed by atoms with van der Waals surface area (Å²) in [6.07, 6.45) is 0.935. The van der Waals surface area contributed by atoms with E-state index in [-0.39, 0.29) is 11.9 Å². The van der Waals surface area contributed by atoms with E-state index in [9.17, 15) is 4.79 Å². The second kappa shape index (κ2) is 6.75. The molecular formula is C13H24N4OS. The molecule has 0 aliphatic heterocycles. The Morgan fingerprint density at radius 3 is 2.53 bits per heavy atom. The SMILES string of the molecule is CCCN(C(=O)c1sc(N(C)CC)nc1N)C(C)C. The molecule has 0 unspecified atom stereocenters. The molecule has 0 fully saturated rings. The van der Waals surface area contributed by atoms with Gasteiger partial charge >= 0.3 is 0 Å². The predicted octanol–water partition coefficient (Wildman–Crippen LogP) is 2.44. The van der Waals surface area contributed by atoms with Gasteiger partial charge in [-0.15, -0.1) is 0 Å². The number of nitrogens with two attached hydrogens (primary N) is 1. The van der Waals surface area contributed by atoms with Gasteiger partial charge in [0.15, 0.2) is 5.13 Å². The van der Waals surface area contributed by atoms with Crippen molar-refractivity contribution in [3.05, 3.63) is 4.88 Å². The molecule has 1 aromatic rings. The summed E-state index contributed by atoms with van der Waals surface area (Å²) in [7, 11) is 1.94. The molecular weight excluding hydrogens is 260 g/mol. The van der Waals surface area contributed by atoms with Crippen LogP contribution in [-0.2, 0) is 0 Å². The topological polar surface area (TPSA) is 62.5 Å². The molecule has 1 amide bonds. The van der Waals surface area contributed by atoms with Gasteiger partial charge in [-0.1, -0.05) is 18.3 Å². The number of carbonyl (C=O) groups excluding carboxylic acids is 1. The molecule has 0 spiro atoms. The Hall–Kier alpha value is -1.30. The third kappa shape index (κ3) is 3.59. The van der Waals surface area contributed by atoms with Gasteiger partial charge in [-0.2, -0.15) is 0 Å². The van der Waals surface area contributed by atoms with Gasteiger partial charge in [0.1, 0.15) is 10.7 Å². The van der Waals surface area contributed by atoms with Crippen molar-refractivity contribution < 1.29 is 4.79 Å². The number of anilines is 2. The van der Waals surface area contributed by atoms with Crippen LogP contribution < -0.4 is 10.6 Å². The van der Waals surface area contributed by atoms with Crippen LogP contribution >= 0.6 is 11.3 Å². The summed E-state index contributed by atoms with van der Waals surface area (Å²) in [5.74, 6) is 0.328. The molecule has 2 N–H and O–H groups in total. The highest BCUT2D eigenvalue weighted by Gasteiger charge is 2.24. The van der Waals surface area contributed by atoms with Crippen molar-refractivity contribution in [3.63, 3.8) is 0 Å². The largest absolute Gasteiger partial charge is 0.382 e. The van der Waals surface area contributed by atoms with Crippen LogP contribution in [0.1, 0.15) is 43.8 Å². The second-order valence-corrected chi connectivity index (χ2v) is 5.79. The molecule has 1 heterocycles. The predicted molar refractivity (Wildman–Crippen MR) is 81.9 cm³/mol. The average Bonchev–Trinajstić information content (AvgIpc) is 2.76. The van der Waals surface area contributed by atoms with Crippen molar-refractivity contribution in [3.8, 4) is 0 Å². The van der Waals surface area contributed by atoms with E-state index in [0.717, 1.165) is 24.6 Å². The van der Waals surface area contributed by atoms with Gasteiger partial charge in [0, 0.05) is 26.2 Å². The zero-order valence-electron chi connectivity index (χ0n) is 12.4. The first-order valence-electron chi connectivity index (χ1n) is 6.70. The van der Waals surface area contributed by atoms with Gasteiger partial charge < -0.3 is 15.5 Å². The van der Waals surface area contributed by atoms with Crippen LogP contribution in [0.4, 0.5) is 10.9 Å². The van der Waals surface area contributed by atoms with Crippen molar-refractivity contribution >= 4 is 28.2 Å². The number of aromatic nitrogens is 1. The van der Waals surface area contributed by atoms with Crippen LogP contribution in [0.15, 0.2) is 0 Å². The van der Waals surface area contributed by atoms with Crippen LogP contribution in [0.5, 0.6) is 0 Å². The van der Waals surface area contributed by atoms with Crippen LogP contribution in [0, 0.1) is 0 Å². The number of amides is 1. The number of carbonyl (C=O) groups is 1. The molecule has 0 bridgehead atoms. The van der Waals surface area contributed by atoms with Gasteiger partial charge in [0.05, 0.1) is 0 Å². The fourth-order valence-corrected chi connectivity index (χ4v) is 2.70. The minimum absolute atomic E-state index is 0.0115. The van der Waals surface area contributed by atoms with E-state index >= 15 is 0 Å². The molecule has 5 nitrogen and oxygen atoms in total. The van der Waals surface area contributed by atoms with Crippen molar-refractivity contribution in [2.45, 2.75) is 40.2 Å². The number of hydrogen-bond acceptors (Lipinski definition) is 5. The molecule has 0 aromatic carbocycles. The summed E-state index contributed by atoms with van der Waals surface area (Å²) >= 11 is 1.37. The van der Waals surface area contributed by atoms with Crippen LogP contribution in [0.25, 0.3) is 0 Å². The van der Waals surface area contributed by atoms with Crippen molar-refractivity contribution in [1.82, 2.24) is 9.88 Å². The third-order valence-electron chi connectivity index (χ3n) is 2.99. The van der Waals surface area contributed by atoms with Crippen LogP contribution in [0.3, 0.4) is 0 Å². The third-order valence-corrected chi connectivity index (χ3v) is 4.16. The van der Waals surface area contributed by atoms with Crippen LogP contribution in [0.2, 0.25) is 0 Å². The normalized spacial score (nSPS) is 10.8. The molecule has 6 heteroatoms. The highest BCUT2D eigenvalue weighted by Crippen LogP contribution is 2.29. The Kier molecular flexibility index (Phi) is 5.60. The first kappa shape index (κ1) is 15.8. The maximum Gasteiger partial charge on any atom is 0.268 e. The van der Waals surface area contributed by atoms with E-state index in [1.54, 1.807) is 0 Å². The summed E-state index contributed by atoms with van der Waals surface area (Å²) in [6.45, 7) is 9.72.